The van der Waals surface area contributed by atoms with Gasteiger partial charge in [0.15, 0.2) is 0 Å². The lowest BCUT2D eigenvalue weighted by Crippen LogP contribution is -2.46. The molecule has 0 aromatic heterocycles. The van der Waals surface area contributed by atoms with E-state index in [4.69, 9.17) is 10.5 Å². The predicted molar refractivity (Wildman–Crippen MR) is 52.7 cm³/mol. The van der Waals surface area contributed by atoms with E-state index in [-0.39, 0.29) is 24.2 Å². The van der Waals surface area contributed by atoms with Gasteiger partial charge in [-0.25, -0.2) is 0 Å². The molecule has 0 spiro atoms. The highest BCUT2D eigenvalue weighted by Crippen LogP contribution is 2.23. The fourth-order valence-corrected chi connectivity index (χ4v) is 1.61. The SMILES string of the molecule is CC(OC1CC(N)C1)C(=O)NC1CC1. The Morgan fingerprint density at radius 2 is 2.14 bits per heavy atom. The summed E-state index contributed by atoms with van der Waals surface area (Å²) >= 11 is 0. The van der Waals surface area contributed by atoms with Crippen molar-refractivity contribution in [2.24, 2.45) is 5.73 Å². The third-order valence-electron chi connectivity index (χ3n) is 2.82. The van der Waals surface area contributed by atoms with Gasteiger partial charge in [0.1, 0.15) is 6.10 Å². The van der Waals surface area contributed by atoms with Crippen LogP contribution in [0.4, 0.5) is 0 Å². The summed E-state index contributed by atoms with van der Waals surface area (Å²) < 4.78 is 5.56. The van der Waals surface area contributed by atoms with E-state index in [1.54, 1.807) is 0 Å². The number of rotatable bonds is 4. The van der Waals surface area contributed by atoms with Crippen molar-refractivity contribution in [2.75, 3.05) is 0 Å². The number of ether oxygens (including phenoxy) is 1. The number of nitrogens with two attached hydrogens (primary N) is 1. The lowest BCUT2D eigenvalue weighted by Gasteiger charge is -2.33. The minimum absolute atomic E-state index is 0.0213. The normalized spacial score (nSPS) is 33.3. The van der Waals surface area contributed by atoms with Crippen LogP contribution in [0.25, 0.3) is 0 Å². The average molecular weight is 198 g/mol. The van der Waals surface area contributed by atoms with Crippen molar-refractivity contribution in [3.05, 3.63) is 0 Å². The summed E-state index contributed by atoms with van der Waals surface area (Å²) in [5.74, 6) is 0.0213. The van der Waals surface area contributed by atoms with Crippen LogP contribution < -0.4 is 11.1 Å². The molecule has 0 heterocycles. The van der Waals surface area contributed by atoms with E-state index in [0.717, 1.165) is 25.7 Å². The summed E-state index contributed by atoms with van der Waals surface area (Å²) in [4.78, 5) is 11.5. The Hall–Kier alpha value is -0.610. The Kier molecular flexibility index (Phi) is 2.74. The third-order valence-corrected chi connectivity index (χ3v) is 2.82. The van der Waals surface area contributed by atoms with Crippen molar-refractivity contribution in [2.45, 2.75) is 56.9 Å². The molecule has 3 N–H and O–H groups in total. The van der Waals surface area contributed by atoms with Crippen molar-refractivity contribution in [1.82, 2.24) is 5.32 Å². The second-order valence-corrected chi connectivity index (χ2v) is 4.41. The van der Waals surface area contributed by atoms with Crippen LogP contribution in [0.1, 0.15) is 32.6 Å². The monoisotopic (exact) mass is 198 g/mol. The first-order valence-electron chi connectivity index (χ1n) is 5.36. The van der Waals surface area contributed by atoms with Crippen LogP contribution in [0.5, 0.6) is 0 Å². The van der Waals surface area contributed by atoms with Crippen LogP contribution in [-0.4, -0.2) is 30.2 Å². The summed E-state index contributed by atoms with van der Waals surface area (Å²) in [5.41, 5.74) is 5.63. The largest absolute Gasteiger partial charge is 0.365 e. The van der Waals surface area contributed by atoms with Gasteiger partial charge >= 0.3 is 0 Å². The highest BCUT2D eigenvalue weighted by atomic mass is 16.5. The fourth-order valence-electron chi connectivity index (χ4n) is 1.61. The van der Waals surface area contributed by atoms with Crippen LogP contribution in [0.15, 0.2) is 0 Å². The summed E-state index contributed by atoms with van der Waals surface area (Å²) in [6.45, 7) is 1.81. The molecule has 1 unspecified atom stereocenters. The molecule has 4 heteroatoms. The molecule has 1 amide bonds. The molecule has 0 bridgehead atoms. The van der Waals surface area contributed by atoms with Crippen molar-refractivity contribution in [3.63, 3.8) is 0 Å². The molecule has 2 saturated carbocycles. The van der Waals surface area contributed by atoms with Gasteiger partial charge in [-0.15, -0.1) is 0 Å². The molecule has 0 aromatic carbocycles. The highest BCUT2D eigenvalue weighted by molar-refractivity contribution is 5.80. The van der Waals surface area contributed by atoms with E-state index >= 15 is 0 Å². The molecule has 14 heavy (non-hydrogen) atoms. The van der Waals surface area contributed by atoms with Crippen LogP contribution in [0, 0.1) is 0 Å². The second kappa shape index (κ2) is 3.87. The summed E-state index contributed by atoms with van der Waals surface area (Å²) in [7, 11) is 0. The molecular formula is C10H18N2O2. The third kappa shape index (κ3) is 2.45. The van der Waals surface area contributed by atoms with Gasteiger partial charge in [-0.3, -0.25) is 4.79 Å². The van der Waals surface area contributed by atoms with Gasteiger partial charge < -0.3 is 15.8 Å². The lowest BCUT2D eigenvalue weighted by molar-refractivity contribution is -0.139. The maximum Gasteiger partial charge on any atom is 0.249 e. The molecule has 2 rings (SSSR count). The fraction of sp³-hybridized carbons (Fsp3) is 0.900. The topological polar surface area (TPSA) is 64.3 Å². The molecule has 2 aliphatic rings. The van der Waals surface area contributed by atoms with E-state index < -0.39 is 0 Å². The molecule has 4 nitrogen and oxygen atoms in total. The zero-order valence-corrected chi connectivity index (χ0v) is 8.53. The second-order valence-electron chi connectivity index (χ2n) is 4.41. The Bertz CT molecular complexity index is 222. The van der Waals surface area contributed by atoms with Crippen LogP contribution >= 0.6 is 0 Å². The summed E-state index contributed by atoms with van der Waals surface area (Å²) in [5, 5.41) is 2.92. The number of amides is 1. The summed E-state index contributed by atoms with van der Waals surface area (Å²) in [6, 6.07) is 0.691. The minimum Gasteiger partial charge on any atom is -0.365 e. The Balaban J connectivity index is 1.66. The van der Waals surface area contributed by atoms with Gasteiger partial charge in [0.2, 0.25) is 5.91 Å². The number of carbonyl (C=O) groups is 1. The smallest absolute Gasteiger partial charge is 0.249 e. The zero-order valence-electron chi connectivity index (χ0n) is 8.53. The maximum absolute atomic E-state index is 11.5. The van der Waals surface area contributed by atoms with Gasteiger partial charge in [0.05, 0.1) is 6.10 Å². The summed E-state index contributed by atoms with van der Waals surface area (Å²) in [6.07, 6.45) is 3.89. The molecular weight excluding hydrogens is 180 g/mol. The molecule has 0 saturated heterocycles. The van der Waals surface area contributed by atoms with E-state index in [1.165, 1.54) is 0 Å². The molecule has 2 aliphatic carbocycles. The average Bonchev–Trinajstić information content (AvgIpc) is 2.85. The van der Waals surface area contributed by atoms with E-state index in [2.05, 4.69) is 5.32 Å². The van der Waals surface area contributed by atoms with Crippen LogP contribution in [-0.2, 0) is 9.53 Å². The van der Waals surface area contributed by atoms with Crippen molar-refractivity contribution in [3.8, 4) is 0 Å². The molecule has 0 aliphatic heterocycles. The first-order chi connectivity index (χ1) is 6.65. The van der Waals surface area contributed by atoms with Crippen molar-refractivity contribution in [1.29, 1.82) is 0 Å². The predicted octanol–water partition coefficient (Wildman–Crippen LogP) is 0.160. The minimum atomic E-state index is -0.326. The Morgan fingerprint density at radius 3 is 2.64 bits per heavy atom. The molecule has 80 valence electrons. The van der Waals surface area contributed by atoms with Gasteiger partial charge in [0, 0.05) is 12.1 Å². The van der Waals surface area contributed by atoms with Crippen molar-refractivity contribution >= 4 is 5.91 Å². The van der Waals surface area contributed by atoms with Gasteiger partial charge in [-0.05, 0) is 32.6 Å². The standard InChI is InChI=1S/C10H18N2O2/c1-6(10(13)12-8-2-3-8)14-9-4-7(11)5-9/h6-9H,2-5,11H2,1H3,(H,12,13). The number of hydrogen-bond donors (Lipinski definition) is 2. The number of hydrogen-bond acceptors (Lipinski definition) is 3. The lowest BCUT2D eigenvalue weighted by atomic mass is 9.90. The Labute approximate surface area is 84.2 Å². The first-order valence-corrected chi connectivity index (χ1v) is 5.36. The number of carbonyl (C=O) groups excluding carboxylic acids is 1. The highest BCUT2D eigenvalue weighted by Gasteiger charge is 2.31. The van der Waals surface area contributed by atoms with Gasteiger partial charge in [0.25, 0.3) is 0 Å². The van der Waals surface area contributed by atoms with E-state index in [9.17, 15) is 4.79 Å². The molecule has 0 radical (unpaired) electrons. The van der Waals surface area contributed by atoms with E-state index in [1.807, 2.05) is 6.92 Å². The molecule has 0 aromatic rings. The Morgan fingerprint density at radius 1 is 1.50 bits per heavy atom. The quantitative estimate of drug-likeness (QED) is 0.676. The first kappa shape index (κ1) is 9.93. The van der Waals surface area contributed by atoms with Crippen LogP contribution in [0.2, 0.25) is 0 Å². The molecule has 2 fully saturated rings. The van der Waals surface area contributed by atoms with Gasteiger partial charge in [-0.2, -0.15) is 0 Å². The molecule has 1 atom stereocenters. The maximum atomic E-state index is 11.5. The zero-order chi connectivity index (χ0) is 10.1. The van der Waals surface area contributed by atoms with E-state index in [0.29, 0.717) is 6.04 Å². The number of nitrogens with one attached hydrogen (secondary N) is 1. The van der Waals surface area contributed by atoms with Gasteiger partial charge in [-0.1, -0.05) is 0 Å². The van der Waals surface area contributed by atoms with Crippen LogP contribution in [0.3, 0.4) is 0 Å². The van der Waals surface area contributed by atoms with Crippen molar-refractivity contribution < 1.29 is 9.53 Å².